The van der Waals surface area contributed by atoms with Crippen LogP contribution in [0.25, 0.3) is 0 Å². The summed E-state index contributed by atoms with van der Waals surface area (Å²) in [5, 5.41) is 21.3. The number of amides is 2. The Morgan fingerprint density at radius 3 is 2.61 bits per heavy atom. The molecule has 1 aromatic heterocycles. The van der Waals surface area contributed by atoms with Crippen molar-refractivity contribution in [3.8, 4) is 11.6 Å². The molecule has 2 bridgehead atoms. The number of fused-ring (bicyclic) bond motifs is 2. The molecule has 3 aliphatic carbocycles. The molecule has 2 aromatic rings. The molecule has 0 aliphatic heterocycles. The second-order valence-electron chi connectivity index (χ2n) is 12.0. The number of hydrogen-bond acceptors (Lipinski definition) is 7. The number of nitrogens with one attached hydrogen (secondary N) is 2. The van der Waals surface area contributed by atoms with E-state index in [0.717, 1.165) is 31.6 Å². The molecular formula is C30H41N5O6. The normalized spacial score (nSPS) is 24.3. The number of rotatable bonds is 10. The highest BCUT2D eigenvalue weighted by atomic mass is 16.6. The number of benzene rings is 1. The van der Waals surface area contributed by atoms with Gasteiger partial charge in [-0.1, -0.05) is 39.0 Å². The van der Waals surface area contributed by atoms with Crippen molar-refractivity contribution in [3.05, 3.63) is 46.1 Å². The molecule has 2 N–H and O–H groups in total. The van der Waals surface area contributed by atoms with E-state index in [1.54, 1.807) is 10.9 Å². The Bertz CT molecular complexity index is 1210. The van der Waals surface area contributed by atoms with E-state index in [-0.39, 0.29) is 36.5 Å². The molecule has 4 unspecified atom stereocenters. The van der Waals surface area contributed by atoms with Crippen LogP contribution in [-0.2, 0) is 6.54 Å². The molecule has 0 radical (unpaired) electrons. The zero-order valence-electron chi connectivity index (χ0n) is 23.8. The number of nitro groups is 1. The van der Waals surface area contributed by atoms with Crippen LogP contribution in [0.4, 0.5) is 10.5 Å². The molecule has 5 rings (SSSR count). The van der Waals surface area contributed by atoms with Crippen molar-refractivity contribution in [1.29, 1.82) is 0 Å². The lowest BCUT2D eigenvalue weighted by atomic mass is 9.65. The standard InChI is InChI=1S/C30H41N5O6/c1-20-16-22-8-5-9-23(17-22)27(20)33-28(36)26-18-32-34(29(26)40-19-21-6-3-2-4-7-21)15-14-31-30(37)41-25-12-10-24(11-13-25)35(38)39/h10-13,18,20-23,27H,2-9,14-17,19H2,1H3,(H,31,37)(H,33,36). The first-order valence-corrected chi connectivity index (χ1v) is 15.1. The third-order valence-corrected chi connectivity index (χ3v) is 9.01. The Morgan fingerprint density at radius 2 is 1.85 bits per heavy atom. The van der Waals surface area contributed by atoms with Crippen molar-refractivity contribution in [2.24, 2.45) is 23.7 Å². The maximum absolute atomic E-state index is 13.6. The van der Waals surface area contributed by atoms with Crippen LogP contribution < -0.4 is 20.1 Å². The third kappa shape index (κ3) is 7.37. The summed E-state index contributed by atoms with van der Waals surface area (Å²) in [5.41, 5.74) is 0.345. The molecule has 4 atom stereocenters. The molecule has 41 heavy (non-hydrogen) atoms. The van der Waals surface area contributed by atoms with Gasteiger partial charge in [0.05, 0.1) is 24.3 Å². The fraction of sp³-hybridized carbons (Fsp3) is 0.633. The second-order valence-corrected chi connectivity index (χ2v) is 12.0. The van der Waals surface area contributed by atoms with Crippen LogP contribution in [-0.4, -0.2) is 45.9 Å². The molecule has 11 heteroatoms. The molecule has 2 amide bonds. The highest BCUT2D eigenvalue weighted by Gasteiger charge is 2.39. The van der Waals surface area contributed by atoms with Gasteiger partial charge in [-0.3, -0.25) is 14.9 Å². The molecule has 222 valence electrons. The first kappa shape index (κ1) is 28.9. The number of carbonyl (C=O) groups excluding carboxylic acids is 2. The molecule has 0 spiro atoms. The van der Waals surface area contributed by atoms with E-state index in [0.29, 0.717) is 35.8 Å². The van der Waals surface area contributed by atoms with Crippen LogP contribution in [0, 0.1) is 33.8 Å². The van der Waals surface area contributed by atoms with Crippen LogP contribution in [0.1, 0.15) is 81.5 Å². The van der Waals surface area contributed by atoms with Crippen molar-refractivity contribution in [3.63, 3.8) is 0 Å². The van der Waals surface area contributed by atoms with Crippen molar-refractivity contribution in [2.45, 2.75) is 83.7 Å². The lowest BCUT2D eigenvalue weighted by Crippen LogP contribution is -2.49. The minimum Gasteiger partial charge on any atom is -0.477 e. The monoisotopic (exact) mass is 567 g/mol. The highest BCUT2D eigenvalue weighted by Crippen LogP contribution is 2.42. The van der Waals surface area contributed by atoms with Gasteiger partial charge in [0.25, 0.3) is 11.6 Å². The smallest absolute Gasteiger partial charge is 0.412 e. The molecule has 0 saturated heterocycles. The van der Waals surface area contributed by atoms with Gasteiger partial charge < -0.3 is 20.1 Å². The van der Waals surface area contributed by atoms with Crippen LogP contribution in [0.5, 0.6) is 11.6 Å². The number of aromatic nitrogens is 2. The number of hydrogen-bond donors (Lipinski definition) is 2. The van der Waals surface area contributed by atoms with Gasteiger partial charge in [-0.15, -0.1) is 0 Å². The predicted molar refractivity (Wildman–Crippen MR) is 152 cm³/mol. The Hall–Kier alpha value is -3.63. The topological polar surface area (TPSA) is 138 Å². The minimum absolute atomic E-state index is 0.0853. The molecular weight excluding hydrogens is 526 g/mol. The van der Waals surface area contributed by atoms with Crippen molar-refractivity contribution in [1.82, 2.24) is 20.4 Å². The van der Waals surface area contributed by atoms with E-state index in [2.05, 4.69) is 22.7 Å². The maximum Gasteiger partial charge on any atom is 0.412 e. The van der Waals surface area contributed by atoms with Gasteiger partial charge in [0.2, 0.25) is 5.88 Å². The summed E-state index contributed by atoms with van der Waals surface area (Å²) in [7, 11) is 0. The van der Waals surface area contributed by atoms with Crippen LogP contribution >= 0.6 is 0 Å². The molecule has 3 fully saturated rings. The fourth-order valence-corrected chi connectivity index (χ4v) is 6.93. The van der Waals surface area contributed by atoms with E-state index in [4.69, 9.17) is 9.47 Å². The molecule has 1 aromatic carbocycles. The van der Waals surface area contributed by atoms with E-state index in [1.165, 1.54) is 62.8 Å². The molecule has 3 aliphatic rings. The van der Waals surface area contributed by atoms with Crippen molar-refractivity contribution >= 4 is 17.7 Å². The van der Waals surface area contributed by atoms with Gasteiger partial charge in [-0.2, -0.15) is 5.10 Å². The van der Waals surface area contributed by atoms with Crippen LogP contribution in [0.3, 0.4) is 0 Å². The van der Waals surface area contributed by atoms with Crippen LogP contribution in [0.2, 0.25) is 0 Å². The molecule has 11 nitrogen and oxygen atoms in total. The van der Waals surface area contributed by atoms with Gasteiger partial charge in [0.1, 0.15) is 11.3 Å². The van der Waals surface area contributed by atoms with Gasteiger partial charge in [0.15, 0.2) is 0 Å². The minimum atomic E-state index is -0.689. The number of non-ortho nitro benzene ring substituents is 1. The Balaban J connectivity index is 1.22. The number of nitrogens with zero attached hydrogens (tertiary/aromatic N) is 3. The first-order chi connectivity index (χ1) is 19.9. The van der Waals surface area contributed by atoms with Gasteiger partial charge in [0, 0.05) is 24.7 Å². The second kappa shape index (κ2) is 13.4. The maximum atomic E-state index is 13.6. The summed E-state index contributed by atoms with van der Waals surface area (Å²) >= 11 is 0. The van der Waals surface area contributed by atoms with E-state index < -0.39 is 11.0 Å². The third-order valence-electron chi connectivity index (χ3n) is 9.01. The zero-order valence-corrected chi connectivity index (χ0v) is 23.8. The zero-order chi connectivity index (χ0) is 28.8. The summed E-state index contributed by atoms with van der Waals surface area (Å²) in [6.45, 7) is 3.26. The van der Waals surface area contributed by atoms with Crippen molar-refractivity contribution < 1.29 is 24.0 Å². The SMILES string of the molecule is CC1CC2CCCC(C2)C1NC(=O)c1cnn(CCNC(=O)Oc2ccc([N+](=O)[O-])cc2)c1OCC1CCCCC1. The van der Waals surface area contributed by atoms with E-state index >= 15 is 0 Å². The highest BCUT2D eigenvalue weighted by molar-refractivity contribution is 5.96. The number of carbonyl (C=O) groups is 2. The fourth-order valence-electron chi connectivity index (χ4n) is 6.93. The van der Waals surface area contributed by atoms with E-state index in [1.807, 2.05) is 0 Å². The quantitative estimate of drug-likeness (QED) is 0.286. The van der Waals surface area contributed by atoms with Gasteiger partial charge in [-0.25, -0.2) is 9.48 Å². The molecule has 3 saturated carbocycles. The van der Waals surface area contributed by atoms with Crippen LogP contribution in [0.15, 0.2) is 30.5 Å². The lowest BCUT2D eigenvalue weighted by molar-refractivity contribution is -0.384. The largest absolute Gasteiger partial charge is 0.477 e. The summed E-state index contributed by atoms with van der Waals surface area (Å²) < 4.78 is 13.1. The number of nitro benzene ring substituents is 1. The predicted octanol–water partition coefficient (Wildman–Crippen LogP) is 5.48. The Morgan fingerprint density at radius 1 is 1.07 bits per heavy atom. The summed E-state index contributed by atoms with van der Waals surface area (Å²) in [5.74, 6) is 2.68. The average Bonchev–Trinajstić information content (AvgIpc) is 3.37. The first-order valence-electron chi connectivity index (χ1n) is 15.1. The van der Waals surface area contributed by atoms with Gasteiger partial charge in [-0.05, 0) is 67.9 Å². The van der Waals surface area contributed by atoms with Crippen molar-refractivity contribution in [2.75, 3.05) is 13.2 Å². The summed E-state index contributed by atoms with van der Waals surface area (Å²) in [4.78, 5) is 36.2. The Labute approximate surface area is 240 Å². The molecule has 1 heterocycles. The number of ether oxygens (including phenoxy) is 2. The summed E-state index contributed by atoms with van der Waals surface area (Å²) in [6.07, 6.45) is 12.8. The Kier molecular flexibility index (Phi) is 9.41. The van der Waals surface area contributed by atoms with E-state index in [9.17, 15) is 19.7 Å². The van der Waals surface area contributed by atoms with Gasteiger partial charge >= 0.3 is 6.09 Å². The summed E-state index contributed by atoms with van der Waals surface area (Å²) in [6, 6.07) is 5.44. The lowest BCUT2D eigenvalue weighted by Gasteiger charge is -2.44. The average molecular weight is 568 g/mol.